The van der Waals surface area contributed by atoms with Crippen molar-refractivity contribution in [1.82, 2.24) is 10.6 Å². The minimum absolute atomic E-state index is 0. The summed E-state index contributed by atoms with van der Waals surface area (Å²) in [7, 11) is 1.67. The number of furan rings is 1. The Labute approximate surface area is 190 Å². The van der Waals surface area contributed by atoms with E-state index in [0.717, 1.165) is 62.0 Å². The van der Waals surface area contributed by atoms with E-state index >= 15 is 0 Å². The molecule has 7 heteroatoms. The molecule has 0 radical (unpaired) electrons. The van der Waals surface area contributed by atoms with E-state index < -0.39 is 0 Å². The number of aliphatic imine (C=N–C) groups is 1. The number of rotatable bonds is 9. The molecular formula is C22H32IN3O3. The van der Waals surface area contributed by atoms with Crippen molar-refractivity contribution in [3.05, 3.63) is 54.0 Å². The van der Waals surface area contributed by atoms with Gasteiger partial charge in [-0.3, -0.25) is 0 Å². The molecule has 1 fully saturated rings. The highest BCUT2D eigenvalue weighted by Gasteiger charge is 2.13. The third kappa shape index (κ3) is 8.65. The normalized spacial score (nSPS) is 16.7. The average Bonchev–Trinajstić information content (AvgIpc) is 3.26. The Morgan fingerprint density at radius 2 is 1.97 bits per heavy atom. The van der Waals surface area contributed by atoms with Gasteiger partial charge in [-0.15, -0.1) is 24.0 Å². The lowest BCUT2D eigenvalue weighted by Crippen LogP contribution is -2.40. The quantitative estimate of drug-likeness (QED) is 0.300. The first-order valence-corrected chi connectivity index (χ1v) is 10.1. The third-order valence-electron chi connectivity index (χ3n) is 4.86. The summed E-state index contributed by atoms with van der Waals surface area (Å²) in [5.74, 6) is 2.64. The van der Waals surface area contributed by atoms with Crippen molar-refractivity contribution in [3.63, 3.8) is 0 Å². The maximum Gasteiger partial charge on any atom is 0.191 e. The number of benzene rings is 1. The topological polar surface area (TPSA) is 68.0 Å². The van der Waals surface area contributed by atoms with Gasteiger partial charge in [-0.05, 0) is 55.5 Å². The fourth-order valence-corrected chi connectivity index (χ4v) is 3.22. The van der Waals surface area contributed by atoms with Crippen molar-refractivity contribution in [2.24, 2.45) is 4.99 Å². The molecule has 160 valence electrons. The maximum atomic E-state index is 5.82. The van der Waals surface area contributed by atoms with Gasteiger partial charge in [-0.1, -0.05) is 12.1 Å². The third-order valence-corrected chi connectivity index (χ3v) is 4.86. The molecule has 29 heavy (non-hydrogen) atoms. The Morgan fingerprint density at radius 1 is 1.14 bits per heavy atom. The molecule has 2 heterocycles. The molecule has 0 saturated carbocycles. The molecule has 1 atom stereocenters. The van der Waals surface area contributed by atoms with Crippen LogP contribution in [0.1, 0.15) is 37.0 Å². The van der Waals surface area contributed by atoms with E-state index in [1.807, 2.05) is 36.4 Å². The Balaban J connectivity index is 0.00000300. The summed E-state index contributed by atoms with van der Waals surface area (Å²) >= 11 is 0. The summed E-state index contributed by atoms with van der Waals surface area (Å²) in [6.07, 6.45) is 7.51. The molecule has 2 aromatic rings. The summed E-state index contributed by atoms with van der Waals surface area (Å²) in [4.78, 5) is 4.73. The van der Waals surface area contributed by atoms with Crippen molar-refractivity contribution >= 4 is 29.9 Å². The number of nitrogens with zero attached hydrogens (tertiary/aromatic N) is 1. The van der Waals surface area contributed by atoms with E-state index in [1.165, 1.54) is 12.8 Å². The number of nitrogens with one attached hydrogen (secondary N) is 2. The predicted octanol–water partition coefficient (Wildman–Crippen LogP) is 4.14. The zero-order chi connectivity index (χ0) is 19.4. The second kappa shape index (κ2) is 13.5. The fourth-order valence-electron chi connectivity index (χ4n) is 3.22. The highest BCUT2D eigenvalue weighted by Crippen LogP contribution is 2.15. The van der Waals surface area contributed by atoms with Crippen LogP contribution >= 0.6 is 24.0 Å². The molecule has 1 aliphatic rings. The van der Waals surface area contributed by atoms with Crippen LogP contribution in [0.25, 0.3) is 0 Å². The van der Waals surface area contributed by atoms with Crippen molar-refractivity contribution in [3.8, 4) is 5.75 Å². The van der Waals surface area contributed by atoms with Gasteiger partial charge in [0.05, 0.1) is 26.0 Å². The molecule has 0 bridgehead atoms. The van der Waals surface area contributed by atoms with Gasteiger partial charge in [-0.2, -0.15) is 0 Å². The highest BCUT2D eigenvalue weighted by molar-refractivity contribution is 14.0. The van der Waals surface area contributed by atoms with E-state index in [-0.39, 0.29) is 24.0 Å². The van der Waals surface area contributed by atoms with Gasteiger partial charge in [0.1, 0.15) is 11.5 Å². The zero-order valence-corrected chi connectivity index (χ0v) is 19.4. The maximum absolute atomic E-state index is 5.82. The van der Waals surface area contributed by atoms with Crippen LogP contribution < -0.4 is 15.4 Å². The lowest BCUT2D eigenvalue weighted by atomic mass is 10.1. The van der Waals surface area contributed by atoms with Crippen LogP contribution in [0.2, 0.25) is 0 Å². The monoisotopic (exact) mass is 513 g/mol. The standard InChI is InChI=1S/C22H31N3O3.HI/c1-26-19-9-7-18(8-10-19)17-25-22(24-14-12-21-6-4-16-28-21)23-13-11-20-5-2-3-15-27-20;/h4,6-10,16,20H,2-3,5,11-15,17H2,1H3,(H2,23,24,25);1H. The van der Waals surface area contributed by atoms with E-state index in [4.69, 9.17) is 18.9 Å². The number of hydrogen-bond donors (Lipinski definition) is 2. The number of hydrogen-bond acceptors (Lipinski definition) is 4. The van der Waals surface area contributed by atoms with Gasteiger partial charge in [0.2, 0.25) is 0 Å². The summed E-state index contributed by atoms with van der Waals surface area (Å²) in [5.41, 5.74) is 1.14. The Bertz CT molecular complexity index is 699. The molecule has 2 N–H and O–H groups in total. The van der Waals surface area contributed by atoms with Crippen molar-refractivity contribution in [2.45, 2.75) is 44.8 Å². The number of halogens is 1. The second-order valence-electron chi connectivity index (χ2n) is 6.97. The first-order chi connectivity index (χ1) is 13.8. The van der Waals surface area contributed by atoms with Crippen LogP contribution in [0.4, 0.5) is 0 Å². The first-order valence-electron chi connectivity index (χ1n) is 10.1. The van der Waals surface area contributed by atoms with Crippen LogP contribution in [-0.4, -0.2) is 38.9 Å². The van der Waals surface area contributed by atoms with Crippen LogP contribution in [0, 0.1) is 0 Å². The summed E-state index contributed by atoms with van der Waals surface area (Å²) in [6, 6.07) is 11.9. The average molecular weight is 513 g/mol. The second-order valence-corrected chi connectivity index (χ2v) is 6.97. The van der Waals surface area contributed by atoms with Gasteiger partial charge >= 0.3 is 0 Å². The molecule has 6 nitrogen and oxygen atoms in total. The van der Waals surface area contributed by atoms with Gasteiger partial charge in [-0.25, -0.2) is 4.99 Å². The molecule has 1 saturated heterocycles. The number of ether oxygens (including phenoxy) is 2. The van der Waals surface area contributed by atoms with Crippen molar-refractivity contribution in [1.29, 1.82) is 0 Å². The van der Waals surface area contributed by atoms with E-state index in [2.05, 4.69) is 10.6 Å². The summed E-state index contributed by atoms with van der Waals surface area (Å²) < 4.78 is 16.4. The highest BCUT2D eigenvalue weighted by atomic mass is 127. The SMILES string of the molecule is COc1ccc(CN=C(NCCc2ccco2)NCCC2CCCCO2)cc1.I. The summed E-state index contributed by atoms with van der Waals surface area (Å²) in [5, 5.41) is 6.85. The molecule has 3 rings (SSSR count). The van der Waals surface area contributed by atoms with Crippen LogP contribution in [0.5, 0.6) is 5.75 Å². The largest absolute Gasteiger partial charge is 0.497 e. The Morgan fingerprint density at radius 3 is 2.66 bits per heavy atom. The van der Waals surface area contributed by atoms with Crippen LogP contribution in [-0.2, 0) is 17.7 Å². The molecule has 1 aromatic heterocycles. The molecule has 1 aliphatic heterocycles. The fraction of sp³-hybridized carbons (Fsp3) is 0.500. The van der Waals surface area contributed by atoms with Gasteiger partial charge < -0.3 is 24.5 Å². The van der Waals surface area contributed by atoms with Gasteiger partial charge in [0.15, 0.2) is 5.96 Å². The van der Waals surface area contributed by atoms with Gasteiger partial charge in [0.25, 0.3) is 0 Å². The van der Waals surface area contributed by atoms with Crippen molar-refractivity contribution in [2.75, 3.05) is 26.8 Å². The van der Waals surface area contributed by atoms with Crippen LogP contribution in [0.3, 0.4) is 0 Å². The van der Waals surface area contributed by atoms with Crippen LogP contribution in [0.15, 0.2) is 52.1 Å². The number of methoxy groups -OCH3 is 1. The van der Waals surface area contributed by atoms with Crippen molar-refractivity contribution < 1.29 is 13.9 Å². The molecule has 0 spiro atoms. The zero-order valence-electron chi connectivity index (χ0n) is 17.1. The first kappa shape index (κ1) is 23.5. The molecule has 1 aromatic carbocycles. The predicted molar refractivity (Wildman–Crippen MR) is 126 cm³/mol. The van der Waals surface area contributed by atoms with E-state index in [9.17, 15) is 0 Å². The van der Waals surface area contributed by atoms with E-state index in [0.29, 0.717) is 12.6 Å². The van der Waals surface area contributed by atoms with Gasteiger partial charge in [0, 0.05) is 26.1 Å². The lowest BCUT2D eigenvalue weighted by molar-refractivity contribution is 0.0122. The lowest BCUT2D eigenvalue weighted by Gasteiger charge is -2.23. The Kier molecular flexibility index (Phi) is 10.9. The molecule has 1 unspecified atom stereocenters. The number of guanidine groups is 1. The molecular weight excluding hydrogens is 481 g/mol. The Hall–Kier alpha value is -1.74. The summed E-state index contributed by atoms with van der Waals surface area (Å²) in [6.45, 7) is 3.12. The smallest absolute Gasteiger partial charge is 0.191 e. The molecule has 0 aliphatic carbocycles. The molecule has 0 amide bonds. The minimum Gasteiger partial charge on any atom is -0.497 e. The minimum atomic E-state index is 0. The van der Waals surface area contributed by atoms with E-state index in [1.54, 1.807) is 13.4 Å².